The molecule has 0 spiro atoms. The SMILES string of the molecule is CCC(CNCC(C)(C)c1ccccn1)C(=O)OC. The smallest absolute Gasteiger partial charge is 0.309 e. The van der Waals surface area contributed by atoms with E-state index in [0.717, 1.165) is 18.7 Å². The molecule has 0 bridgehead atoms. The summed E-state index contributed by atoms with van der Waals surface area (Å²) in [4.78, 5) is 15.9. The molecule has 0 aliphatic heterocycles. The Kier molecular flexibility index (Phi) is 5.96. The average molecular weight is 264 g/mol. The molecule has 1 N–H and O–H groups in total. The zero-order valence-electron chi connectivity index (χ0n) is 12.3. The van der Waals surface area contributed by atoms with E-state index in [1.165, 1.54) is 7.11 Å². The van der Waals surface area contributed by atoms with E-state index in [9.17, 15) is 4.79 Å². The summed E-state index contributed by atoms with van der Waals surface area (Å²) >= 11 is 0. The molecule has 0 aromatic carbocycles. The first-order chi connectivity index (χ1) is 9.01. The number of pyridine rings is 1. The Morgan fingerprint density at radius 1 is 1.47 bits per heavy atom. The summed E-state index contributed by atoms with van der Waals surface area (Å²) in [5, 5.41) is 3.35. The minimum atomic E-state index is -0.148. The van der Waals surface area contributed by atoms with E-state index in [0.29, 0.717) is 6.54 Å². The van der Waals surface area contributed by atoms with Gasteiger partial charge in [-0.25, -0.2) is 0 Å². The number of esters is 1. The van der Waals surface area contributed by atoms with Gasteiger partial charge in [0.15, 0.2) is 0 Å². The van der Waals surface area contributed by atoms with Crippen LogP contribution in [0.5, 0.6) is 0 Å². The summed E-state index contributed by atoms with van der Waals surface area (Å²) in [6.07, 6.45) is 2.59. The van der Waals surface area contributed by atoms with Crippen molar-refractivity contribution in [3.8, 4) is 0 Å². The fraction of sp³-hybridized carbons (Fsp3) is 0.600. The van der Waals surface area contributed by atoms with Crippen molar-refractivity contribution in [2.75, 3.05) is 20.2 Å². The van der Waals surface area contributed by atoms with Crippen LogP contribution in [0.3, 0.4) is 0 Å². The first-order valence-electron chi connectivity index (χ1n) is 6.71. The Morgan fingerprint density at radius 2 is 2.21 bits per heavy atom. The number of carbonyl (C=O) groups excluding carboxylic acids is 1. The maximum atomic E-state index is 11.5. The minimum Gasteiger partial charge on any atom is -0.469 e. The third-order valence-electron chi connectivity index (χ3n) is 3.34. The summed E-state index contributed by atoms with van der Waals surface area (Å²) < 4.78 is 4.78. The Bertz CT molecular complexity index is 390. The van der Waals surface area contributed by atoms with Crippen molar-refractivity contribution in [3.05, 3.63) is 30.1 Å². The summed E-state index contributed by atoms with van der Waals surface area (Å²) in [5.74, 6) is -0.227. The first kappa shape index (κ1) is 15.6. The number of ether oxygens (including phenoxy) is 1. The van der Waals surface area contributed by atoms with Crippen molar-refractivity contribution in [1.29, 1.82) is 0 Å². The third kappa shape index (κ3) is 4.63. The summed E-state index contributed by atoms with van der Waals surface area (Å²) in [6, 6.07) is 5.93. The van der Waals surface area contributed by atoms with E-state index in [4.69, 9.17) is 4.74 Å². The number of aromatic nitrogens is 1. The molecule has 4 heteroatoms. The van der Waals surface area contributed by atoms with E-state index >= 15 is 0 Å². The lowest BCUT2D eigenvalue weighted by atomic mass is 9.88. The van der Waals surface area contributed by atoms with Gasteiger partial charge >= 0.3 is 5.97 Å². The number of methoxy groups -OCH3 is 1. The average Bonchev–Trinajstić information content (AvgIpc) is 2.43. The van der Waals surface area contributed by atoms with Gasteiger partial charge in [0.1, 0.15) is 0 Å². The van der Waals surface area contributed by atoms with Crippen molar-refractivity contribution >= 4 is 5.97 Å². The van der Waals surface area contributed by atoms with E-state index in [2.05, 4.69) is 24.1 Å². The fourth-order valence-corrected chi connectivity index (χ4v) is 1.97. The normalized spacial score (nSPS) is 13.1. The number of nitrogens with zero attached hydrogens (tertiary/aromatic N) is 1. The number of hydrogen-bond donors (Lipinski definition) is 1. The highest BCUT2D eigenvalue weighted by Crippen LogP contribution is 2.19. The number of hydrogen-bond acceptors (Lipinski definition) is 4. The van der Waals surface area contributed by atoms with Crippen LogP contribution in [0.25, 0.3) is 0 Å². The van der Waals surface area contributed by atoms with Gasteiger partial charge < -0.3 is 10.1 Å². The minimum absolute atomic E-state index is 0.0599. The molecule has 106 valence electrons. The predicted octanol–water partition coefficient (Wildman–Crippen LogP) is 2.15. The van der Waals surface area contributed by atoms with Crippen LogP contribution in [-0.2, 0) is 14.9 Å². The molecular formula is C15H24N2O2. The van der Waals surface area contributed by atoms with E-state index < -0.39 is 0 Å². The van der Waals surface area contributed by atoms with E-state index in [1.54, 1.807) is 6.20 Å². The van der Waals surface area contributed by atoms with Gasteiger partial charge in [-0.1, -0.05) is 26.8 Å². The standard InChI is InChI=1S/C15H24N2O2/c1-5-12(14(18)19-4)10-16-11-15(2,3)13-8-6-7-9-17-13/h6-9,12,16H,5,10-11H2,1-4H3. The van der Waals surface area contributed by atoms with Crippen LogP contribution < -0.4 is 5.32 Å². The van der Waals surface area contributed by atoms with Gasteiger partial charge in [0.2, 0.25) is 0 Å². The van der Waals surface area contributed by atoms with Gasteiger partial charge in [-0.3, -0.25) is 9.78 Å². The van der Waals surface area contributed by atoms with Gasteiger partial charge in [-0.15, -0.1) is 0 Å². The molecule has 0 aliphatic carbocycles. The number of nitrogens with one attached hydrogen (secondary N) is 1. The Balaban J connectivity index is 2.50. The van der Waals surface area contributed by atoms with Gasteiger partial charge in [0.05, 0.1) is 13.0 Å². The molecule has 0 amide bonds. The highest BCUT2D eigenvalue weighted by molar-refractivity contribution is 5.72. The van der Waals surface area contributed by atoms with Gasteiger partial charge in [0.25, 0.3) is 0 Å². The molecule has 0 saturated heterocycles. The lowest BCUT2D eigenvalue weighted by Gasteiger charge is -2.25. The van der Waals surface area contributed by atoms with Crippen molar-refractivity contribution in [1.82, 2.24) is 10.3 Å². The molecule has 1 aromatic rings. The Morgan fingerprint density at radius 3 is 2.74 bits per heavy atom. The molecule has 4 nitrogen and oxygen atoms in total. The van der Waals surface area contributed by atoms with Crippen molar-refractivity contribution in [2.24, 2.45) is 5.92 Å². The fourth-order valence-electron chi connectivity index (χ4n) is 1.97. The molecule has 1 atom stereocenters. The number of carbonyl (C=O) groups is 1. The second-order valence-electron chi connectivity index (χ2n) is 5.36. The molecule has 0 fully saturated rings. The second-order valence-corrected chi connectivity index (χ2v) is 5.36. The quantitative estimate of drug-likeness (QED) is 0.767. The van der Waals surface area contributed by atoms with Gasteiger partial charge in [-0.2, -0.15) is 0 Å². The van der Waals surface area contributed by atoms with Crippen LogP contribution in [0.1, 0.15) is 32.9 Å². The van der Waals surface area contributed by atoms with Crippen LogP contribution in [0.2, 0.25) is 0 Å². The highest BCUT2D eigenvalue weighted by Gasteiger charge is 2.23. The summed E-state index contributed by atoms with van der Waals surface area (Å²) in [7, 11) is 1.43. The van der Waals surface area contributed by atoms with Gasteiger partial charge in [-0.05, 0) is 18.6 Å². The molecule has 0 saturated carbocycles. The van der Waals surface area contributed by atoms with Gasteiger partial charge in [0, 0.05) is 30.4 Å². The van der Waals surface area contributed by atoms with Crippen LogP contribution in [0.15, 0.2) is 24.4 Å². The zero-order valence-corrected chi connectivity index (χ0v) is 12.3. The van der Waals surface area contributed by atoms with Crippen LogP contribution in [-0.4, -0.2) is 31.2 Å². The monoisotopic (exact) mass is 264 g/mol. The highest BCUT2D eigenvalue weighted by atomic mass is 16.5. The van der Waals surface area contributed by atoms with Crippen molar-refractivity contribution in [2.45, 2.75) is 32.6 Å². The van der Waals surface area contributed by atoms with E-state index in [-0.39, 0.29) is 17.3 Å². The maximum absolute atomic E-state index is 11.5. The molecular weight excluding hydrogens is 240 g/mol. The molecule has 1 aromatic heterocycles. The third-order valence-corrected chi connectivity index (χ3v) is 3.34. The topological polar surface area (TPSA) is 51.2 Å². The second kappa shape index (κ2) is 7.24. The molecule has 1 heterocycles. The summed E-state index contributed by atoms with van der Waals surface area (Å²) in [5.41, 5.74) is 0.990. The Hall–Kier alpha value is -1.42. The maximum Gasteiger partial charge on any atom is 0.309 e. The molecule has 1 rings (SSSR count). The number of rotatable bonds is 7. The molecule has 1 unspecified atom stereocenters. The molecule has 0 aliphatic rings. The molecule has 19 heavy (non-hydrogen) atoms. The van der Waals surface area contributed by atoms with E-state index in [1.807, 2.05) is 25.1 Å². The Labute approximate surface area is 115 Å². The first-order valence-corrected chi connectivity index (χ1v) is 6.71. The van der Waals surface area contributed by atoms with Crippen molar-refractivity contribution in [3.63, 3.8) is 0 Å². The predicted molar refractivity (Wildman–Crippen MR) is 75.9 cm³/mol. The zero-order chi connectivity index (χ0) is 14.3. The molecule has 0 radical (unpaired) electrons. The lowest BCUT2D eigenvalue weighted by Crippen LogP contribution is -2.38. The van der Waals surface area contributed by atoms with Crippen LogP contribution >= 0.6 is 0 Å². The van der Waals surface area contributed by atoms with Crippen molar-refractivity contribution < 1.29 is 9.53 Å². The largest absolute Gasteiger partial charge is 0.469 e. The lowest BCUT2D eigenvalue weighted by molar-refractivity contribution is -0.145. The van der Waals surface area contributed by atoms with Crippen LogP contribution in [0, 0.1) is 5.92 Å². The summed E-state index contributed by atoms with van der Waals surface area (Å²) in [6.45, 7) is 7.69. The van der Waals surface area contributed by atoms with Crippen LogP contribution in [0.4, 0.5) is 0 Å².